The molecule has 1 aromatic carbocycles. The van der Waals surface area contributed by atoms with Crippen LogP contribution in [0.2, 0.25) is 0 Å². The Kier molecular flexibility index (Phi) is 2.83. The smallest absolute Gasteiger partial charge is 0.0298 e. The minimum absolute atomic E-state index is 0.257. The van der Waals surface area contributed by atoms with Gasteiger partial charge in [-0.1, -0.05) is 38.1 Å². The molecule has 1 aromatic rings. The van der Waals surface area contributed by atoms with Crippen molar-refractivity contribution in [3.8, 4) is 0 Å². The lowest BCUT2D eigenvalue weighted by atomic mass is 9.66. The molecule has 1 nitrogen and oxygen atoms in total. The van der Waals surface area contributed by atoms with E-state index in [-0.39, 0.29) is 6.04 Å². The Labute approximate surface area is 92.7 Å². The van der Waals surface area contributed by atoms with Crippen LogP contribution in [0.25, 0.3) is 0 Å². The van der Waals surface area contributed by atoms with Crippen LogP contribution in [0, 0.1) is 0 Å². The first kappa shape index (κ1) is 10.7. The van der Waals surface area contributed by atoms with E-state index in [0.717, 1.165) is 6.42 Å². The van der Waals surface area contributed by atoms with Gasteiger partial charge in [0.2, 0.25) is 0 Å². The van der Waals surface area contributed by atoms with Crippen LogP contribution in [0.15, 0.2) is 24.3 Å². The predicted molar refractivity (Wildman–Crippen MR) is 64.9 cm³/mol. The Hall–Kier alpha value is -0.820. The largest absolute Gasteiger partial charge is 0.324 e. The molecule has 0 heterocycles. The second-order valence-electron chi connectivity index (χ2n) is 4.72. The molecule has 1 atom stereocenters. The molecule has 0 spiro atoms. The second kappa shape index (κ2) is 3.97. The van der Waals surface area contributed by atoms with Gasteiger partial charge in [-0.15, -0.1) is 0 Å². The molecule has 1 unspecified atom stereocenters. The molecule has 2 N–H and O–H groups in total. The predicted octanol–water partition coefficient (Wildman–Crippen LogP) is 3.54. The Bertz CT molecular complexity index is 339. The van der Waals surface area contributed by atoms with Crippen molar-refractivity contribution in [3.63, 3.8) is 0 Å². The summed E-state index contributed by atoms with van der Waals surface area (Å²) in [5.41, 5.74) is 9.46. The summed E-state index contributed by atoms with van der Waals surface area (Å²) in [7, 11) is 0. The first-order valence-corrected chi connectivity index (χ1v) is 6.08. The van der Waals surface area contributed by atoms with Gasteiger partial charge in [0.1, 0.15) is 0 Å². The van der Waals surface area contributed by atoms with E-state index in [2.05, 4.69) is 38.1 Å². The summed E-state index contributed by atoms with van der Waals surface area (Å²) in [6.07, 6.45) is 4.84. The molecule has 0 amide bonds. The summed E-state index contributed by atoms with van der Waals surface area (Å²) in [4.78, 5) is 0. The highest BCUT2D eigenvalue weighted by atomic mass is 14.7. The third-order valence-corrected chi connectivity index (χ3v) is 4.22. The van der Waals surface area contributed by atoms with E-state index in [4.69, 9.17) is 5.73 Å². The molecule has 0 saturated heterocycles. The first-order chi connectivity index (χ1) is 7.23. The van der Waals surface area contributed by atoms with Crippen LogP contribution in [0.4, 0.5) is 0 Å². The zero-order chi connectivity index (χ0) is 10.9. The molecule has 0 fully saturated rings. The highest BCUT2D eigenvalue weighted by Crippen LogP contribution is 2.45. The highest BCUT2D eigenvalue weighted by Gasteiger charge is 2.35. The van der Waals surface area contributed by atoms with E-state index >= 15 is 0 Å². The molecule has 1 heteroatoms. The van der Waals surface area contributed by atoms with Crippen LogP contribution in [0.1, 0.15) is 56.7 Å². The summed E-state index contributed by atoms with van der Waals surface area (Å²) < 4.78 is 0. The number of hydrogen-bond donors (Lipinski definition) is 1. The standard InChI is InChI=1S/C14H21N/c1-3-14(4-2)10-9-13(15)11-7-5-6-8-12(11)14/h5-8,13H,3-4,9-10,15H2,1-2H3. The molecule has 0 bridgehead atoms. The van der Waals surface area contributed by atoms with E-state index in [1.807, 2.05) is 0 Å². The van der Waals surface area contributed by atoms with Crippen LogP contribution < -0.4 is 5.73 Å². The summed E-state index contributed by atoms with van der Waals surface area (Å²) in [5, 5.41) is 0. The maximum Gasteiger partial charge on any atom is 0.0298 e. The van der Waals surface area contributed by atoms with Gasteiger partial charge in [-0.3, -0.25) is 0 Å². The molecular formula is C14H21N. The van der Waals surface area contributed by atoms with Crippen LogP contribution in [0.5, 0.6) is 0 Å². The molecule has 0 radical (unpaired) electrons. The van der Waals surface area contributed by atoms with Crippen molar-refractivity contribution in [1.82, 2.24) is 0 Å². The average molecular weight is 203 g/mol. The van der Waals surface area contributed by atoms with Gasteiger partial charge < -0.3 is 5.73 Å². The molecule has 1 aliphatic rings. The van der Waals surface area contributed by atoms with Crippen molar-refractivity contribution in [2.45, 2.75) is 51.0 Å². The Balaban J connectivity index is 2.52. The van der Waals surface area contributed by atoms with Crippen LogP contribution in [-0.2, 0) is 5.41 Å². The fourth-order valence-corrected chi connectivity index (χ4v) is 3.01. The van der Waals surface area contributed by atoms with E-state index in [9.17, 15) is 0 Å². The Morgan fingerprint density at radius 1 is 1.27 bits per heavy atom. The van der Waals surface area contributed by atoms with Crippen molar-refractivity contribution in [2.75, 3.05) is 0 Å². The number of nitrogens with two attached hydrogens (primary N) is 1. The minimum atomic E-state index is 0.257. The van der Waals surface area contributed by atoms with Crippen molar-refractivity contribution < 1.29 is 0 Å². The van der Waals surface area contributed by atoms with E-state index in [0.29, 0.717) is 5.41 Å². The Morgan fingerprint density at radius 2 is 1.93 bits per heavy atom. The number of hydrogen-bond acceptors (Lipinski definition) is 1. The average Bonchev–Trinajstić information content (AvgIpc) is 2.31. The third-order valence-electron chi connectivity index (χ3n) is 4.22. The van der Waals surface area contributed by atoms with Crippen molar-refractivity contribution in [2.24, 2.45) is 5.73 Å². The van der Waals surface area contributed by atoms with Gasteiger partial charge in [-0.05, 0) is 42.2 Å². The van der Waals surface area contributed by atoms with E-state index in [1.54, 1.807) is 0 Å². The lowest BCUT2D eigenvalue weighted by molar-refractivity contribution is 0.315. The number of benzene rings is 1. The van der Waals surface area contributed by atoms with Crippen molar-refractivity contribution in [1.29, 1.82) is 0 Å². The van der Waals surface area contributed by atoms with Crippen molar-refractivity contribution >= 4 is 0 Å². The summed E-state index contributed by atoms with van der Waals surface area (Å²) in [5.74, 6) is 0. The van der Waals surface area contributed by atoms with Crippen molar-refractivity contribution in [3.05, 3.63) is 35.4 Å². The third kappa shape index (κ3) is 1.59. The molecule has 82 valence electrons. The summed E-state index contributed by atoms with van der Waals surface area (Å²) >= 11 is 0. The molecule has 2 rings (SSSR count). The zero-order valence-electron chi connectivity index (χ0n) is 9.79. The monoisotopic (exact) mass is 203 g/mol. The second-order valence-corrected chi connectivity index (χ2v) is 4.72. The van der Waals surface area contributed by atoms with Gasteiger partial charge in [0.15, 0.2) is 0 Å². The lowest BCUT2D eigenvalue weighted by Crippen LogP contribution is -2.33. The van der Waals surface area contributed by atoms with E-state index < -0.39 is 0 Å². The quantitative estimate of drug-likeness (QED) is 0.781. The normalized spacial score (nSPS) is 23.5. The van der Waals surface area contributed by atoms with Gasteiger partial charge in [-0.25, -0.2) is 0 Å². The number of rotatable bonds is 2. The van der Waals surface area contributed by atoms with Gasteiger partial charge in [0, 0.05) is 6.04 Å². The van der Waals surface area contributed by atoms with Gasteiger partial charge >= 0.3 is 0 Å². The molecule has 0 saturated carbocycles. The maximum absolute atomic E-state index is 6.18. The van der Waals surface area contributed by atoms with Gasteiger partial charge in [-0.2, -0.15) is 0 Å². The molecule has 15 heavy (non-hydrogen) atoms. The summed E-state index contributed by atoms with van der Waals surface area (Å²) in [6.45, 7) is 4.61. The fraction of sp³-hybridized carbons (Fsp3) is 0.571. The zero-order valence-corrected chi connectivity index (χ0v) is 9.79. The van der Waals surface area contributed by atoms with E-state index in [1.165, 1.54) is 30.4 Å². The SMILES string of the molecule is CCC1(CC)CCC(N)c2ccccc21. The first-order valence-electron chi connectivity index (χ1n) is 6.08. The molecule has 0 aliphatic heterocycles. The van der Waals surface area contributed by atoms with Crippen LogP contribution in [0.3, 0.4) is 0 Å². The fourth-order valence-electron chi connectivity index (χ4n) is 3.01. The molecule has 0 aromatic heterocycles. The molecular weight excluding hydrogens is 182 g/mol. The topological polar surface area (TPSA) is 26.0 Å². The highest BCUT2D eigenvalue weighted by molar-refractivity contribution is 5.38. The van der Waals surface area contributed by atoms with Gasteiger partial charge in [0.05, 0.1) is 0 Å². The minimum Gasteiger partial charge on any atom is -0.324 e. The Morgan fingerprint density at radius 3 is 2.60 bits per heavy atom. The van der Waals surface area contributed by atoms with Gasteiger partial charge in [0.25, 0.3) is 0 Å². The lowest BCUT2D eigenvalue weighted by Gasteiger charge is -2.40. The summed E-state index contributed by atoms with van der Waals surface area (Å²) in [6, 6.07) is 9.00. The van der Waals surface area contributed by atoms with Crippen LogP contribution in [-0.4, -0.2) is 0 Å². The number of fused-ring (bicyclic) bond motifs is 1. The van der Waals surface area contributed by atoms with Crippen LogP contribution >= 0.6 is 0 Å². The maximum atomic E-state index is 6.18. The molecule has 1 aliphatic carbocycles.